The number of rotatable bonds is 4. The highest BCUT2D eigenvalue weighted by molar-refractivity contribution is 5.56. The first-order valence-corrected chi connectivity index (χ1v) is 8.42. The van der Waals surface area contributed by atoms with E-state index >= 15 is 0 Å². The van der Waals surface area contributed by atoms with Gasteiger partial charge in [-0.1, -0.05) is 23.8 Å². The molecule has 0 saturated carbocycles. The van der Waals surface area contributed by atoms with Crippen LogP contribution >= 0.6 is 0 Å². The summed E-state index contributed by atoms with van der Waals surface area (Å²) in [5, 5.41) is 0. The third-order valence-corrected chi connectivity index (χ3v) is 4.27. The van der Waals surface area contributed by atoms with Crippen molar-refractivity contribution in [1.29, 1.82) is 0 Å². The van der Waals surface area contributed by atoms with Crippen molar-refractivity contribution in [1.82, 2.24) is 9.97 Å². The summed E-state index contributed by atoms with van der Waals surface area (Å²) in [6, 6.07) is 13.1. The van der Waals surface area contributed by atoms with E-state index in [4.69, 9.17) is 4.98 Å². The summed E-state index contributed by atoms with van der Waals surface area (Å²) in [4.78, 5) is 9.26. The summed E-state index contributed by atoms with van der Waals surface area (Å²) in [6.45, 7) is 8.61. The summed E-state index contributed by atoms with van der Waals surface area (Å²) >= 11 is 0. The Kier molecular flexibility index (Phi) is 4.70. The Morgan fingerprint density at radius 2 is 1.92 bits per heavy atom. The van der Waals surface area contributed by atoms with E-state index in [1.54, 1.807) is 0 Å². The van der Waals surface area contributed by atoms with Gasteiger partial charge in [0.25, 0.3) is 0 Å². The molecule has 0 N–H and O–H groups in total. The maximum absolute atomic E-state index is 4.79. The number of hydrogen-bond acceptors (Lipinski definition) is 2. The molecule has 0 spiro atoms. The van der Waals surface area contributed by atoms with Gasteiger partial charge in [-0.3, -0.25) is 0 Å². The quantitative estimate of drug-likeness (QED) is 0.674. The van der Waals surface area contributed by atoms with Crippen molar-refractivity contribution in [2.24, 2.45) is 0 Å². The van der Waals surface area contributed by atoms with Gasteiger partial charge in [-0.05, 0) is 51.0 Å². The maximum Gasteiger partial charge on any atom is 0.178 e. The summed E-state index contributed by atoms with van der Waals surface area (Å²) in [7, 11) is 0. The van der Waals surface area contributed by atoms with Gasteiger partial charge in [0, 0.05) is 18.7 Å². The number of pyridine rings is 1. The van der Waals surface area contributed by atoms with Gasteiger partial charge in [0.15, 0.2) is 18.4 Å². The second-order valence-corrected chi connectivity index (χ2v) is 6.60. The molecule has 0 atom stereocenters. The van der Waals surface area contributed by atoms with Crippen molar-refractivity contribution in [2.45, 2.75) is 40.2 Å². The molecule has 0 aliphatic rings. The zero-order chi connectivity index (χ0) is 17.1. The Morgan fingerprint density at radius 1 is 1.08 bits per heavy atom. The molecule has 0 fully saturated rings. The minimum absolute atomic E-state index is 0.432. The third kappa shape index (κ3) is 3.67. The topological polar surface area (TPSA) is 29.7 Å². The van der Waals surface area contributed by atoms with Crippen LogP contribution in [0.4, 0.5) is 0 Å². The maximum atomic E-state index is 4.79. The second kappa shape index (κ2) is 6.91. The van der Waals surface area contributed by atoms with Crippen LogP contribution in [0.2, 0.25) is 0 Å². The van der Waals surface area contributed by atoms with E-state index in [9.17, 15) is 0 Å². The minimum atomic E-state index is 0.432. The van der Waals surface area contributed by atoms with E-state index in [-0.39, 0.29) is 0 Å². The smallest absolute Gasteiger partial charge is 0.178 e. The number of aromatic nitrogens is 3. The van der Waals surface area contributed by atoms with Gasteiger partial charge in [-0.15, -0.1) is 0 Å². The highest BCUT2D eigenvalue weighted by atomic mass is 15.0. The summed E-state index contributed by atoms with van der Waals surface area (Å²) in [5.41, 5.74) is 5.94. The van der Waals surface area contributed by atoms with Crippen molar-refractivity contribution in [3.05, 3.63) is 77.5 Å². The number of aryl methyl sites for hydroxylation is 2. The van der Waals surface area contributed by atoms with E-state index in [0.29, 0.717) is 6.04 Å². The SMILES string of the molecule is Cc1ccc(C)c(Cc2nccc(-c3ccc[n+](C(C)C)c3)n2)c1. The molecule has 3 aromatic rings. The van der Waals surface area contributed by atoms with Crippen molar-refractivity contribution in [3.63, 3.8) is 0 Å². The Balaban J connectivity index is 1.92. The van der Waals surface area contributed by atoms with Gasteiger partial charge in [0.05, 0.1) is 11.3 Å². The predicted molar refractivity (Wildman–Crippen MR) is 96.8 cm³/mol. The zero-order valence-electron chi connectivity index (χ0n) is 14.8. The van der Waals surface area contributed by atoms with Gasteiger partial charge >= 0.3 is 0 Å². The molecular formula is C21H24N3+. The van der Waals surface area contributed by atoms with Crippen molar-refractivity contribution in [3.8, 4) is 11.3 Å². The molecule has 3 rings (SSSR count). The van der Waals surface area contributed by atoms with Gasteiger partial charge in [-0.25, -0.2) is 14.5 Å². The first-order valence-electron chi connectivity index (χ1n) is 8.42. The molecule has 0 saturated heterocycles. The molecule has 1 aromatic carbocycles. The molecule has 122 valence electrons. The van der Waals surface area contributed by atoms with E-state index < -0.39 is 0 Å². The molecule has 24 heavy (non-hydrogen) atoms. The lowest BCUT2D eigenvalue weighted by Gasteiger charge is -2.08. The van der Waals surface area contributed by atoms with E-state index in [0.717, 1.165) is 23.5 Å². The molecule has 3 heteroatoms. The largest absolute Gasteiger partial charge is 0.241 e. The highest BCUT2D eigenvalue weighted by Gasteiger charge is 2.10. The van der Waals surface area contributed by atoms with Crippen LogP contribution in [0.15, 0.2) is 55.0 Å². The van der Waals surface area contributed by atoms with Gasteiger partial charge in [0.1, 0.15) is 5.82 Å². The molecule has 2 heterocycles. The highest BCUT2D eigenvalue weighted by Crippen LogP contribution is 2.18. The minimum Gasteiger partial charge on any atom is -0.241 e. The van der Waals surface area contributed by atoms with Crippen molar-refractivity contribution >= 4 is 0 Å². The van der Waals surface area contributed by atoms with E-state index in [1.165, 1.54) is 16.7 Å². The Hall–Kier alpha value is -2.55. The summed E-state index contributed by atoms with van der Waals surface area (Å²) in [5.74, 6) is 0.862. The lowest BCUT2D eigenvalue weighted by atomic mass is 10.0. The molecule has 0 radical (unpaired) electrons. The monoisotopic (exact) mass is 318 g/mol. The van der Waals surface area contributed by atoms with Crippen LogP contribution in [0.1, 0.15) is 42.4 Å². The predicted octanol–water partition coefficient (Wildman–Crippen LogP) is 4.22. The first kappa shape index (κ1) is 16.3. The molecule has 2 aromatic heterocycles. The van der Waals surface area contributed by atoms with Gasteiger partial charge in [-0.2, -0.15) is 0 Å². The standard InChI is InChI=1S/C21H24N3/c1-15(2)24-11-5-6-18(14-24)20-9-10-22-21(23-20)13-19-12-16(3)7-8-17(19)4/h5-12,14-15H,13H2,1-4H3/q+1. The average molecular weight is 318 g/mol. The zero-order valence-corrected chi connectivity index (χ0v) is 14.8. The average Bonchev–Trinajstić information content (AvgIpc) is 2.58. The van der Waals surface area contributed by atoms with Crippen LogP contribution in [0, 0.1) is 13.8 Å². The van der Waals surface area contributed by atoms with Crippen molar-refractivity contribution < 1.29 is 4.57 Å². The fourth-order valence-electron chi connectivity index (χ4n) is 2.77. The van der Waals surface area contributed by atoms with Crippen LogP contribution in [0.25, 0.3) is 11.3 Å². The lowest BCUT2D eigenvalue weighted by Crippen LogP contribution is -2.35. The van der Waals surface area contributed by atoms with Crippen LogP contribution < -0.4 is 4.57 Å². The number of benzene rings is 1. The number of nitrogens with zero attached hydrogens (tertiary/aromatic N) is 3. The molecule has 3 nitrogen and oxygen atoms in total. The Bertz CT molecular complexity index is 853. The van der Waals surface area contributed by atoms with E-state index in [2.05, 4.69) is 80.0 Å². The summed E-state index contributed by atoms with van der Waals surface area (Å²) < 4.78 is 2.20. The molecule has 0 aliphatic carbocycles. The fraction of sp³-hybridized carbons (Fsp3) is 0.286. The van der Waals surface area contributed by atoms with E-state index in [1.807, 2.05) is 12.3 Å². The summed E-state index contributed by atoms with van der Waals surface area (Å²) in [6.07, 6.45) is 6.86. The Labute approximate surface area is 144 Å². The van der Waals surface area contributed by atoms with Crippen molar-refractivity contribution in [2.75, 3.05) is 0 Å². The third-order valence-electron chi connectivity index (χ3n) is 4.27. The molecule has 0 amide bonds. The first-order chi connectivity index (χ1) is 11.5. The normalized spacial score (nSPS) is 11.0. The van der Waals surface area contributed by atoms with Gasteiger partial charge in [0.2, 0.25) is 0 Å². The van der Waals surface area contributed by atoms with Gasteiger partial charge < -0.3 is 0 Å². The Morgan fingerprint density at radius 3 is 2.71 bits per heavy atom. The molecule has 0 bridgehead atoms. The molecule has 0 aliphatic heterocycles. The lowest BCUT2D eigenvalue weighted by molar-refractivity contribution is -0.715. The number of hydrogen-bond donors (Lipinski definition) is 0. The fourth-order valence-corrected chi connectivity index (χ4v) is 2.77. The second-order valence-electron chi connectivity index (χ2n) is 6.60. The molecule has 0 unspecified atom stereocenters. The van der Waals surface area contributed by atoms with Crippen LogP contribution in [0.5, 0.6) is 0 Å². The van der Waals surface area contributed by atoms with Crippen LogP contribution in [-0.2, 0) is 6.42 Å². The van der Waals surface area contributed by atoms with Crippen LogP contribution in [0.3, 0.4) is 0 Å². The van der Waals surface area contributed by atoms with Crippen LogP contribution in [-0.4, -0.2) is 9.97 Å². The molecular weight excluding hydrogens is 294 g/mol.